The van der Waals surface area contributed by atoms with Gasteiger partial charge in [0.2, 0.25) is 0 Å². The molecule has 106 valence electrons. The molecule has 0 atom stereocenters. The second-order valence-electron chi connectivity index (χ2n) is 4.04. The van der Waals surface area contributed by atoms with Crippen molar-refractivity contribution in [1.82, 2.24) is 4.31 Å². The summed E-state index contributed by atoms with van der Waals surface area (Å²) in [6.45, 7) is 1.37. The number of aliphatic carboxylic acids is 1. The van der Waals surface area contributed by atoms with Crippen LogP contribution in [0.15, 0.2) is 18.2 Å². The lowest BCUT2D eigenvalue weighted by molar-refractivity contribution is -0.137. The van der Waals surface area contributed by atoms with Gasteiger partial charge in [-0.25, -0.2) is 4.39 Å². The van der Waals surface area contributed by atoms with E-state index in [0.717, 1.165) is 10.4 Å². The molecule has 1 rings (SSSR count). The highest BCUT2D eigenvalue weighted by atomic mass is 32.2. The van der Waals surface area contributed by atoms with E-state index in [9.17, 15) is 17.6 Å². The van der Waals surface area contributed by atoms with Crippen LogP contribution in [0, 0.1) is 12.7 Å². The van der Waals surface area contributed by atoms with Gasteiger partial charge in [0, 0.05) is 13.6 Å². The Morgan fingerprint density at radius 1 is 1.47 bits per heavy atom. The molecule has 1 aromatic rings. The first-order chi connectivity index (χ1) is 8.72. The van der Waals surface area contributed by atoms with Gasteiger partial charge in [0.05, 0.1) is 12.1 Å². The Hall–Kier alpha value is -1.67. The fourth-order valence-electron chi connectivity index (χ4n) is 1.31. The van der Waals surface area contributed by atoms with Crippen LogP contribution in [0.2, 0.25) is 0 Å². The van der Waals surface area contributed by atoms with Crippen molar-refractivity contribution in [3.63, 3.8) is 0 Å². The van der Waals surface area contributed by atoms with Gasteiger partial charge in [-0.15, -0.1) is 0 Å². The van der Waals surface area contributed by atoms with E-state index in [1.807, 2.05) is 0 Å². The molecule has 19 heavy (non-hydrogen) atoms. The molecule has 0 spiro atoms. The Morgan fingerprint density at radius 3 is 2.63 bits per heavy atom. The van der Waals surface area contributed by atoms with Gasteiger partial charge >= 0.3 is 16.2 Å². The second-order valence-corrected chi connectivity index (χ2v) is 5.81. The third-order valence-corrected chi connectivity index (χ3v) is 3.95. The lowest BCUT2D eigenvalue weighted by Crippen LogP contribution is -2.34. The van der Waals surface area contributed by atoms with E-state index in [4.69, 9.17) is 5.11 Å². The van der Waals surface area contributed by atoms with Crippen LogP contribution in [0.5, 0.6) is 0 Å². The van der Waals surface area contributed by atoms with Crippen LogP contribution in [-0.2, 0) is 15.0 Å². The summed E-state index contributed by atoms with van der Waals surface area (Å²) in [6.07, 6.45) is -0.292. The molecular weight excluding hydrogens is 275 g/mol. The number of carboxylic acid groups (broad SMARTS) is 1. The van der Waals surface area contributed by atoms with Crippen LogP contribution in [0.4, 0.5) is 10.1 Å². The Labute approximate surface area is 111 Å². The van der Waals surface area contributed by atoms with E-state index in [-0.39, 0.29) is 18.7 Å². The topological polar surface area (TPSA) is 86.7 Å². The number of carbonyl (C=O) groups is 1. The molecule has 0 aliphatic rings. The van der Waals surface area contributed by atoms with Crippen molar-refractivity contribution in [2.45, 2.75) is 13.3 Å². The Balaban J connectivity index is 2.78. The summed E-state index contributed by atoms with van der Waals surface area (Å²) in [5.41, 5.74) is 0.537. The number of benzene rings is 1. The van der Waals surface area contributed by atoms with Crippen molar-refractivity contribution in [3.05, 3.63) is 29.6 Å². The number of anilines is 1. The molecule has 0 heterocycles. The Kier molecular flexibility index (Phi) is 4.84. The van der Waals surface area contributed by atoms with Crippen molar-refractivity contribution in [2.24, 2.45) is 0 Å². The number of carboxylic acids is 1. The van der Waals surface area contributed by atoms with E-state index in [2.05, 4.69) is 4.72 Å². The zero-order chi connectivity index (χ0) is 14.6. The molecular formula is C11H15FN2O4S. The summed E-state index contributed by atoms with van der Waals surface area (Å²) in [5.74, 6) is -1.51. The lowest BCUT2D eigenvalue weighted by Gasteiger charge is -2.17. The van der Waals surface area contributed by atoms with Crippen LogP contribution in [0.3, 0.4) is 0 Å². The van der Waals surface area contributed by atoms with Crippen LogP contribution < -0.4 is 4.72 Å². The first kappa shape index (κ1) is 15.4. The van der Waals surface area contributed by atoms with Crippen LogP contribution in [-0.4, -0.2) is 37.4 Å². The maximum absolute atomic E-state index is 13.0. The van der Waals surface area contributed by atoms with Gasteiger partial charge < -0.3 is 5.11 Å². The molecule has 0 saturated heterocycles. The number of nitrogens with zero attached hydrogens (tertiary/aromatic N) is 1. The first-order valence-corrected chi connectivity index (χ1v) is 6.88. The summed E-state index contributed by atoms with van der Waals surface area (Å²) < 4.78 is 39.9. The molecule has 0 aliphatic carbocycles. The van der Waals surface area contributed by atoms with Crippen LogP contribution in [0.1, 0.15) is 12.0 Å². The third kappa shape index (κ3) is 4.49. The molecule has 2 N–H and O–H groups in total. The SMILES string of the molecule is Cc1cc(NS(=O)(=O)N(C)CCC(=O)O)ccc1F. The molecule has 0 amide bonds. The quantitative estimate of drug-likeness (QED) is 0.824. The second kappa shape index (κ2) is 5.98. The molecule has 6 nitrogen and oxygen atoms in total. The number of hydrogen-bond donors (Lipinski definition) is 2. The number of nitrogens with one attached hydrogen (secondary N) is 1. The summed E-state index contributed by atoms with van der Waals surface area (Å²) in [4.78, 5) is 10.4. The highest BCUT2D eigenvalue weighted by Crippen LogP contribution is 2.15. The molecule has 8 heteroatoms. The Bertz CT molecular complexity index is 574. The van der Waals surface area contributed by atoms with Gasteiger partial charge in [0.15, 0.2) is 0 Å². The number of aryl methyl sites for hydroxylation is 1. The van der Waals surface area contributed by atoms with Crippen molar-refractivity contribution in [3.8, 4) is 0 Å². The van der Waals surface area contributed by atoms with Crippen molar-refractivity contribution < 1.29 is 22.7 Å². The van der Waals surface area contributed by atoms with Gasteiger partial charge in [-0.05, 0) is 30.7 Å². The van der Waals surface area contributed by atoms with E-state index < -0.39 is 22.0 Å². The minimum Gasteiger partial charge on any atom is -0.481 e. The van der Waals surface area contributed by atoms with Gasteiger partial charge in [-0.3, -0.25) is 9.52 Å². The molecule has 0 saturated carbocycles. The summed E-state index contributed by atoms with van der Waals surface area (Å²) in [6, 6.07) is 3.81. The standard InChI is InChI=1S/C11H15FN2O4S/c1-8-7-9(3-4-10(8)12)13-19(17,18)14(2)6-5-11(15)16/h3-4,7,13H,5-6H2,1-2H3,(H,15,16). The fraction of sp³-hybridized carbons (Fsp3) is 0.364. The van der Waals surface area contributed by atoms with Crippen LogP contribution in [0.25, 0.3) is 0 Å². The third-order valence-electron chi connectivity index (χ3n) is 2.46. The maximum Gasteiger partial charge on any atom is 0.304 e. The molecule has 0 aliphatic heterocycles. The largest absolute Gasteiger partial charge is 0.481 e. The minimum absolute atomic E-state index is 0.148. The molecule has 0 bridgehead atoms. The summed E-state index contributed by atoms with van der Waals surface area (Å²) in [7, 11) is -2.58. The minimum atomic E-state index is -3.84. The average Bonchev–Trinajstić information content (AvgIpc) is 2.30. The van der Waals surface area contributed by atoms with E-state index in [1.54, 1.807) is 0 Å². The average molecular weight is 290 g/mol. The lowest BCUT2D eigenvalue weighted by atomic mass is 10.2. The predicted octanol–water partition coefficient (Wildman–Crippen LogP) is 1.20. The summed E-state index contributed by atoms with van der Waals surface area (Å²) in [5, 5.41) is 8.50. The van der Waals surface area contributed by atoms with E-state index in [1.165, 1.54) is 26.1 Å². The molecule has 1 aromatic carbocycles. The molecule has 0 radical (unpaired) electrons. The summed E-state index contributed by atoms with van der Waals surface area (Å²) >= 11 is 0. The first-order valence-electron chi connectivity index (χ1n) is 5.44. The molecule has 0 fully saturated rings. The molecule has 0 aromatic heterocycles. The number of hydrogen-bond acceptors (Lipinski definition) is 3. The predicted molar refractivity (Wildman–Crippen MR) is 68.6 cm³/mol. The van der Waals surface area contributed by atoms with Gasteiger partial charge in [-0.2, -0.15) is 12.7 Å². The van der Waals surface area contributed by atoms with Gasteiger partial charge in [0.1, 0.15) is 5.82 Å². The van der Waals surface area contributed by atoms with Crippen LogP contribution >= 0.6 is 0 Å². The van der Waals surface area contributed by atoms with Gasteiger partial charge in [0.25, 0.3) is 0 Å². The molecule has 0 unspecified atom stereocenters. The van der Waals surface area contributed by atoms with E-state index in [0.29, 0.717) is 5.56 Å². The normalized spacial score (nSPS) is 11.6. The fourth-order valence-corrected chi connectivity index (χ4v) is 2.22. The maximum atomic E-state index is 13.0. The zero-order valence-corrected chi connectivity index (χ0v) is 11.4. The highest BCUT2D eigenvalue weighted by Gasteiger charge is 2.18. The smallest absolute Gasteiger partial charge is 0.304 e. The monoisotopic (exact) mass is 290 g/mol. The van der Waals surface area contributed by atoms with Gasteiger partial charge in [-0.1, -0.05) is 0 Å². The van der Waals surface area contributed by atoms with Crippen molar-refractivity contribution in [2.75, 3.05) is 18.3 Å². The Morgan fingerprint density at radius 2 is 2.11 bits per heavy atom. The van der Waals surface area contributed by atoms with E-state index >= 15 is 0 Å². The zero-order valence-electron chi connectivity index (χ0n) is 10.6. The van der Waals surface area contributed by atoms with Crippen molar-refractivity contribution in [1.29, 1.82) is 0 Å². The number of rotatable bonds is 6. The number of halogens is 1. The van der Waals surface area contributed by atoms with Crippen molar-refractivity contribution >= 4 is 21.9 Å². The highest BCUT2D eigenvalue weighted by molar-refractivity contribution is 7.90.